The number of sulfone groups is 1. The molecule has 4 aromatic rings. The van der Waals surface area contributed by atoms with Crippen LogP contribution in [0, 0.1) is 11.6 Å². The molecule has 1 saturated heterocycles. The Morgan fingerprint density at radius 3 is 2.65 bits per heavy atom. The first kappa shape index (κ1) is 30.5. The summed E-state index contributed by atoms with van der Waals surface area (Å²) in [7, 11) is -3.91. The minimum atomic E-state index is -3.91. The number of hydrogen-bond acceptors (Lipinski definition) is 9. The molecule has 43 heavy (non-hydrogen) atoms. The molecule has 2 N–H and O–H groups in total. The van der Waals surface area contributed by atoms with Crippen molar-refractivity contribution in [3.05, 3.63) is 77.1 Å². The van der Waals surface area contributed by atoms with E-state index in [0.717, 1.165) is 32.0 Å². The molecule has 1 aromatic heterocycles. The van der Waals surface area contributed by atoms with Gasteiger partial charge in [-0.15, -0.1) is 0 Å². The Labute approximate surface area is 251 Å². The zero-order chi connectivity index (χ0) is 30.6. The fourth-order valence-corrected chi connectivity index (χ4v) is 5.51. The number of ether oxygens (including phenoxy) is 2. The summed E-state index contributed by atoms with van der Waals surface area (Å²) in [6.07, 6.45) is 2.89. The lowest BCUT2D eigenvalue weighted by Crippen LogP contribution is -2.37. The fourth-order valence-electron chi connectivity index (χ4n) is 4.57. The predicted octanol–water partition coefficient (Wildman–Crippen LogP) is 5.06. The highest BCUT2D eigenvalue weighted by molar-refractivity contribution is 7.90. The summed E-state index contributed by atoms with van der Waals surface area (Å²) in [6.45, 7) is 4.13. The van der Waals surface area contributed by atoms with E-state index < -0.39 is 37.8 Å². The molecular formula is C29H28ClF2N5O5S. The van der Waals surface area contributed by atoms with Crippen LogP contribution in [-0.2, 0) is 14.6 Å². The molecule has 1 aliphatic heterocycles. The third kappa shape index (κ3) is 7.36. The maximum absolute atomic E-state index is 15.1. The first-order valence-electron chi connectivity index (χ1n) is 13.3. The van der Waals surface area contributed by atoms with Gasteiger partial charge in [0.25, 0.3) is 5.91 Å². The number of carbonyl (C=O) groups excluding carboxylic acids is 1. The minimum absolute atomic E-state index is 0.0811. The topological polar surface area (TPSA) is 123 Å². The van der Waals surface area contributed by atoms with Crippen LogP contribution in [0.3, 0.4) is 0 Å². The number of carbonyl (C=O) groups is 1. The molecule has 5 rings (SSSR count). The number of morpholine rings is 1. The zero-order valence-corrected chi connectivity index (χ0v) is 24.6. The van der Waals surface area contributed by atoms with Crippen LogP contribution >= 0.6 is 11.6 Å². The van der Waals surface area contributed by atoms with Gasteiger partial charge in [0.2, 0.25) is 0 Å². The van der Waals surface area contributed by atoms with E-state index in [9.17, 15) is 17.6 Å². The third-order valence-electron chi connectivity index (χ3n) is 6.75. The molecule has 0 aliphatic carbocycles. The van der Waals surface area contributed by atoms with Gasteiger partial charge in [0.15, 0.2) is 15.7 Å². The Hall–Kier alpha value is -3.91. The van der Waals surface area contributed by atoms with Crippen LogP contribution in [0.5, 0.6) is 5.75 Å². The van der Waals surface area contributed by atoms with Crippen molar-refractivity contribution < 1.29 is 31.5 Å². The highest BCUT2D eigenvalue weighted by Crippen LogP contribution is 2.34. The fraction of sp³-hybridized carbons (Fsp3) is 0.276. The number of benzene rings is 3. The normalized spacial score (nSPS) is 14.0. The van der Waals surface area contributed by atoms with Gasteiger partial charge in [-0.2, -0.15) is 0 Å². The lowest BCUT2D eigenvalue weighted by atomic mass is 10.1. The molecule has 226 valence electrons. The van der Waals surface area contributed by atoms with Crippen molar-refractivity contribution in [3.8, 4) is 5.75 Å². The number of hydrogen-bond donors (Lipinski definition) is 2. The molecule has 0 radical (unpaired) electrons. The van der Waals surface area contributed by atoms with Crippen molar-refractivity contribution in [2.75, 3.05) is 56.3 Å². The van der Waals surface area contributed by atoms with Crippen molar-refractivity contribution in [2.45, 2.75) is 11.3 Å². The SMILES string of the molecule is CS(=O)(=O)c1cccc(C(=O)Nc2cc3c(Nc4ccc(F)c(Cl)c4)ncnc3cc2OCCCN2CCOCC2)c1F. The van der Waals surface area contributed by atoms with Gasteiger partial charge in [0, 0.05) is 43.0 Å². The smallest absolute Gasteiger partial charge is 0.258 e. The molecule has 0 unspecified atom stereocenters. The van der Waals surface area contributed by atoms with Gasteiger partial charge >= 0.3 is 0 Å². The Bertz CT molecular complexity index is 1770. The quantitative estimate of drug-likeness (QED) is 0.231. The van der Waals surface area contributed by atoms with Gasteiger partial charge in [-0.1, -0.05) is 17.7 Å². The lowest BCUT2D eigenvalue weighted by Gasteiger charge is -2.26. The lowest BCUT2D eigenvalue weighted by molar-refractivity contribution is 0.0358. The van der Waals surface area contributed by atoms with E-state index in [1.807, 2.05) is 0 Å². The maximum Gasteiger partial charge on any atom is 0.258 e. The Balaban J connectivity index is 1.47. The van der Waals surface area contributed by atoms with Gasteiger partial charge in [0.1, 0.15) is 28.6 Å². The number of fused-ring (bicyclic) bond motifs is 1. The molecule has 0 saturated carbocycles. The summed E-state index contributed by atoms with van der Waals surface area (Å²) in [5, 5.41) is 6.11. The van der Waals surface area contributed by atoms with Crippen molar-refractivity contribution in [1.29, 1.82) is 0 Å². The molecule has 1 aliphatic rings. The summed E-state index contributed by atoms with van der Waals surface area (Å²) in [6, 6.07) is 10.9. The van der Waals surface area contributed by atoms with Crippen LogP contribution < -0.4 is 15.4 Å². The molecule has 0 atom stereocenters. The second-order valence-corrected chi connectivity index (χ2v) is 12.2. The number of nitrogens with one attached hydrogen (secondary N) is 2. The van der Waals surface area contributed by atoms with Crippen LogP contribution in [0.2, 0.25) is 5.02 Å². The van der Waals surface area contributed by atoms with E-state index in [0.29, 0.717) is 48.6 Å². The molecule has 10 nitrogen and oxygen atoms in total. The maximum atomic E-state index is 15.1. The van der Waals surface area contributed by atoms with Gasteiger partial charge < -0.3 is 20.1 Å². The minimum Gasteiger partial charge on any atom is -0.491 e. The van der Waals surface area contributed by atoms with Gasteiger partial charge in [-0.25, -0.2) is 27.2 Å². The van der Waals surface area contributed by atoms with E-state index in [1.54, 1.807) is 12.1 Å². The van der Waals surface area contributed by atoms with Crippen molar-refractivity contribution in [3.63, 3.8) is 0 Å². The largest absolute Gasteiger partial charge is 0.491 e. The Morgan fingerprint density at radius 1 is 1.12 bits per heavy atom. The second-order valence-electron chi connectivity index (χ2n) is 9.84. The van der Waals surface area contributed by atoms with Crippen molar-refractivity contribution in [2.24, 2.45) is 0 Å². The van der Waals surface area contributed by atoms with E-state index in [2.05, 4.69) is 25.5 Å². The molecule has 2 heterocycles. The third-order valence-corrected chi connectivity index (χ3v) is 8.16. The summed E-state index contributed by atoms with van der Waals surface area (Å²) in [5.74, 6) is -2.01. The highest BCUT2D eigenvalue weighted by Gasteiger charge is 2.22. The Kier molecular flexibility index (Phi) is 9.35. The molecule has 3 aromatic carbocycles. The predicted molar refractivity (Wildman–Crippen MR) is 159 cm³/mol. The standard InChI is InChI=1S/C29H28ClF2N5O5S/c1-43(39,40)26-5-2-4-19(27(26)32)29(38)36-24-15-20-23(16-25(24)42-11-3-8-37-9-12-41-13-10-37)33-17-34-28(20)35-18-6-7-22(31)21(30)14-18/h2,4-7,14-17H,3,8-13H2,1H3,(H,36,38)(H,33,34,35). The highest BCUT2D eigenvalue weighted by atomic mass is 35.5. The Morgan fingerprint density at radius 2 is 1.91 bits per heavy atom. The zero-order valence-electron chi connectivity index (χ0n) is 23.1. The van der Waals surface area contributed by atoms with Gasteiger partial charge in [-0.05, 0) is 42.8 Å². The van der Waals surface area contributed by atoms with Crippen LogP contribution in [0.25, 0.3) is 10.9 Å². The van der Waals surface area contributed by atoms with E-state index in [1.165, 1.54) is 36.7 Å². The van der Waals surface area contributed by atoms with Gasteiger partial charge in [0.05, 0.1) is 41.6 Å². The van der Waals surface area contributed by atoms with Crippen molar-refractivity contribution >= 4 is 55.4 Å². The summed E-state index contributed by atoms with van der Waals surface area (Å²) in [4.78, 5) is 23.6. The monoisotopic (exact) mass is 631 g/mol. The van der Waals surface area contributed by atoms with Crippen LogP contribution in [-0.4, -0.2) is 74.9 Å². The first-order valence-corrected chi connectivity index (χ1v) is 15.6. The van der Waals surface area contributed by atoms with Crippen LogP contribution in [0.1, 0.15) is 16.8 Å². The number of nitrogens with zero attached hydrogens (tertiary/aromatic N) is 3. The first-order chi connectivity index (χ1) is 20.6. The summed E-state index contributed by atoms with van der Waals surface area (Å²) < 4.78 is 64.3. The number of aromatic nitrogens is 2. The number of amides is 1. The summed E-state index contributed by atoms with van der Waals surface area (Å²) >= 11 is 5.93. The van der Waals surface area contributed by atoms with Crippen molar-refractivity contribution in [1.82, 2.24) is 14.9 Å². The summed E-state index contributed by atoms with van der Waals surface area (Å²) in [5.41, 5.74) is 0.658. The van der Waals surface area contributed by atoms with E-state index >= 15 is 4.39 Å². The van der Waals surface area contributed by atoms with E-state index in [-0.39, 0.29) is 16.5 Å². The molecule has 0 spiro atoms. The van der Waals surface area contributed by atoms with Crippen LogP contribution in [0.15, 0.2) is 59.8 Å². The number of anilines is 3. The molecule has 1 fully saturated rings. The number of halogens is 3. The van der Waals surface area contributed by atoms with Crippen LogP contribution in [0.4, 0.5) is 26.0 Å². The average Bonchev–Trinajstić information content (AvgIpc) is 2.97. The average molecular weight is 632 g/mol. The molecule has 1 amide bonds. The number of rotatable bonds is 10. The molecule has 14 heteroatoms. The second kappa shape index (κ2) is 13.2. The molecule has 0 bridgehead atoms. The molecular weight excluding hydrogens is 604 g/mol. The van der Waals surface area contributed by atoms with Gasteiger partial charge in [-0.3, -0.25) is 9.69 Å². The van der Waals surface area contributed by atoms with E-state index in [4.69, 9.17) is 21.1 Å².